The Kier molecular flexibility index (Phi) is 3.52. The molecule has 0 N–H and O–H groups in total. The van der Waals surface area contributed by atoms with E-state index in [1.165, 1.54) is 39.0 Å². The minimum absolute atomic E-state index is 0.196. The zero-order valence-electron chi connectivity index (χ0n) is 16.0. The van der Waals surface area contributed by atoms with Gasteiger partial charge in [0.2, 0.25) is 0 Å². The summed E-state index contributed by atoms with van der Waals surface area (Å²) < 4.78 is 0. The van der Waals surface area contributed by atoms with Crippen molar-refractivity contribution in [2.75, 3.05) is 0 Å². The highest BCUT2D eigenvalue weighted by molar-refractivity contribution is 5.83. The summed E-state index contributed by atoms with van der Waals surface area (Å²) in [5.74, 6) is 0.437. The molecule has 2 aliphatic rings. The lowest BCUT2D eigenvalue weighted by atomic mass is 9.76. The van der Waals surface area contributed by atoms with Crippen molar-refractivity contribution in [3.63, 3.8) is 0 Å². The van der Waals surface area contributed by atoms with Crippen LogP contribution in [0, 0.1) is 5.41 Å². The molecule has 0 amide bonds. The number of allylic oxidation sites excluding steroid dienone is 6. The van der Waals surface area contributed by atoms with Gasteiger partial charge in [0, 0.05) is 5.92 Å². The molecule has 0 saturated heterocycles. The van der Waals surface area contributed by atoms with Gasteiger partial charge < -0.3 is 0 Å². The van der Waals surface area contributed by atoms with E-state index in [9.17, 15) is 0 Å². The normalized spacial score (nSPS) is 21.0. The average Bonchev–Trinajstić information content (AvgIpc) is 2.70. The molecule has 1 aromatic rings. The SMILES string of the molecule is CC1=CC(C(C)(C)C)=CC2C1=C(C)c1ccc(C(C)(C)C)cc12. The highest BCUT2D eigenvalue weighted by Gasteiger charge is 2.33. The predicted octanol–water partition coefficient (Wildman–Crippen LogP) is 6.79. The first-order valence-electron chi connectivity index (χ1n) is 8.76. The molecule has 0 nitrogen and oxygen atoms in total. The van der Waals surface area contributed by atoms with Crippen LogP contribution in [0.1, 0.15) is 78.0 Å². The Morgan fingerprint density at radius 1 is 0.870 bits per heavy atom. The van der Waals surface area contributed by atoms with E-state index in [1.54, 1.807) is 0 Å². The van der Waals surface area contributed by atoms with Gasteiger partial charge in [0.1, 0.15) is 0 Å². The van der Waals surface area contributed by atoms with Gasteiger partial charge in [-0.05, 0) is 63.7 Å². The van der Waals surface area contributed by atoms with E-state index in [4.69, 9.17) is 0 Å². The van der Waals surface area contributed by atoms with Gasteiger partial charge in [-0.2, -0.15) is 0 Å². The number of hydrogen-bond donors (Lipinski definition) is 0. The van der Waals surface area contributed by atoms with Crippen molar-refractivity contribution in [2.24, 2.45) is 5.41 Å². The lowest BCUT2D eigenvalue weighted by molar-refractivity contribution is 0.511. The van der Waals surface area contributed by atoms with Crippen LogP contribution in [0.2, 0.25) is 0 Å². The molecule has 0 aliphatic heterocycles. The maximum atomic E-state index is 2.50. The Hall–Kier alpha value is -1.56. The minimum atomic E-state index is 0.196. The van der Waals surface area contributed by atoms with Gasteiger partial charge in [0.05, 0.1) is 0 Å². The Balaban J connectivity index is 2.19. The molecule has 0 radical (unpaired) electrons. The average molecular weight is 306 g/mol. The monoisotopic (exact) mass is 306 g/mol. The predicted molar refractivity (Wildman–Crippen MR) is 102 cm³/mol. The van der Waals surface area contributed by atoms with Crippen molar-refractivity contribution in [1.82, 2.24) is 0 Å². The second kappa shape index (κ2) is 4.97. The smallest absolute Gasteiger partial charge is 0.0287 e. The molecule has 0 aromatic heterocycles. The molecule has 0 saturated carbocycles. The summed E-state index contributed by atoms with van der Waals surface area (Å²) in [6.45, 7) is 18.4. The molecular formula is C23H30. The summed E-state index contributed by atoms with van der Waals surface area (Å²) in [5.41, 5.74) is 10.7. The fourth-order valence-corrected chi connectivity index (χ4v) is 3.88. The second-order valence-electron chi connectivity index (χ2n) is 9.27. The number of fused-ring (bicyclic) bond motifs is 3. The first kappa shape index (κ1) is 16.3. The third-order valence-corrected chi connectivity index (χ3v) is 5.38. The van der Waals surface area contributed by atoms with Crippen molar-refractivity contribution >= 4 is 5.57 Å². The van der Waals surface area contributed by atoms with Gasteiger partial charge in [-0.1, -0.05) is 71.9 Å². The van der Waals surface area contributed by atoms with Crippen molar-refractivity contribution in [3.8, 4) is 0 Å². The standard InChI is InChI=1S/C23H30/c1-14-11-17(23(6,7)8)13-20-19-12-16(22(3,4)5)9-10-18(19)15(2)21(14)20/h9-13,20H,1-8H3. The summed E-state index contributed by atoms with van der Waals surface area (Å²) >= 11 is 0. The lowest BCUT2D eigenvalue weighted by Gasteiger charge is -2.29. The summed E-state index contributed by atoms with van der Waals surface area (Å²) in [6, 6.07) is 7.11. The molecule has 0 bridgehead atoms. The second-order valence-corrected chi connectivity index (χ2v) is 9.27. The third-order valence-electron chi connectivity index (χ3n) is 5.38. The highest BCUT2D eigenvalue weighted by atomic mass is 14.4. The molecule has 0 heterocycles. The van der Waals surface area contributed by atoms with E-state index in [-0.39, 0.29) is 10.8 Å². The topological polar surface area (TPSA) is 0 Å². The van der Waals surface area contributed by atoms with Crippen LogP contribution in [0.25, 0.3) is 5.57 Å². The molecule has 23 heavy (non-hydrogen) atoms. The molecular weight excluding hydrogens is 276 g/mol. The summed E-state index contributed by atoms with van der Waals surface area (Å²) in [6.07, 6.45) is 4.90. The Bertz CT molecular complexity index is 752. The number of rotatable bonds is 0. The van der Waals surface area contributed by atoms with Crippen LogP contribution in [0.15, 0.2) is 47.1 Å². The first-order valence-corrected chi connectivity index (χ1v) is 8.76. The van der Waals surface area contributed by atoms with Crippen LogP contribution in [0.4, 0.5) is 0 Å². The summed E-state index contributed by atoms with van der Waals surface area (Å²) in [4.78, 5) is 0. The summed E-state index contributed by atoms with van der Waals surface area (Å²) in [5, 5.41) is 0. The molecule has 1 aromatic carbocycles. The van der Waals surface area contributed by atoms with Crippen LogP contribution in [0.5, 0.6) is 0 Å². The number of hydrogen-bond acceptors (Lipinski definition) is 0. The van der Waals surface area contributed by atoms with Crippen LogP contribution in [-0.4, -0.2) is 0 Å². The van der Waals surface area contributed by atoms with Gasteiger partial charge >= 0.3 is 0 Å². The van der Waals surface area contributed by atoms with Crippen molar-refractivity contribution in [1.29, 1.82) is 0 Å². The van der Waals surface area contributed by atoms with Crippen molar-refractivity contribution in [3.05, 3.63) is 63.8 Å². The zero-order valence-corrected chi connectivity index (χ0v) is 16.0. The maximum absolute atomic E-state index is 2.50. The molecule has 0 fully saturated rings. The molecule has 2 aliphatic carbocycles. The quantitative estimate of drug-likeness (QED) is 0.495. The van der Waals surface area contributed by atoms with Crippen LogP contribution in [0.3, 0.4) is 0 Å². The Labute approximate surface area is 142 Å². The van der Waals surface area contributed by atoms with E-state index >= 15 is 0 Å². The third kappa shape index (κ3) is 2.63. The van der Waals surface area contributed by atoms with Crippen LogP contribution in [-0.2, 0) is 5.41 Å². The molecule has 3 rings (SSSR count). The lowest BCUT2D eigenvalue weighted by Crippen LogP contribution is -2.15. The molecule has 0 spiro atoms. The van der Waals surface area contributed by atoms with E-state index < -0.39 is 0 Å². The minimum Gasteiger partial charge on any atom is -0.0688 e. The maximum Gasteiger partial charge on any atom is 0.0287 e. The fraction of sp³-hybridized carbons (Fsp3) is 0.478. The van der Waals surface area contributed by atoms with E-state index in [0.717, 1.165) is 0 Å². The van der Waals surface area contributed by atoms with Gasteiger partial charge in [-0.15, -0.1) is 0 Å². The summed E-state index contributed by atoms with van der Waals surface area (Å²) in [7, 11) is 0. The van der Waals surface area contributed by atoms with E-state index in [2.05, 4.69) is 85.7 Å². The largest absolute Gasteiger partial charge is 0.0688 e. The van der Waals surface area contributed by atoms with Gasteiger partial charge in [-0.3, -0.25) is 0 Å². The molecule has 122 valence electrons. The molecule has 1 unspecified atom stereocenters. The van der Waals surface area contributed by atoms with Crippen LogP contribution >= 0.6 is 0 Å². The first-order chi connectivity index (χ1) is 10.5. The van der Waals surface area contributed by atoms with Crippen molar-refractivity contribution < 1.29 is 0 Å². The molecule has 1 atom stereocenters. The highest BCUT2D eigenvalue weighted by Crippen LogP contribution is 2.50. The number of benzene rings is 1. The van der Waals surface area contributed by atoms with Crippen LogP contribution < -0.4 is 0 Å². The van der Waals surface area contributed by atoms with E-state index in [0.29, 0.717) is 5.92 Å². The molecule has 0 heteroatoms. The Morgan fingerprint density at radius 3 is 2.09 bits per heavy atom. The van der Waals surface area contributed by atoms with Gasteiger partial charge in [-0.25, -0.2) is 0 Å². The van der Waals surface area contributed by atoms with Gasteiger partial charge in [0.15, 0.2) is 0 Å². The Morgan fingerprint density at radius 2 is 1.52 bits per heavy atom. The van der Waals surface area contributed by atoms with Gasteiger partial charge in [0.25, 0.3) is 0 Å². The van der Waals surface area contributed by atoms with E-state index in [1.807, 2.05) is 0 Å². The fourth-order valence-electron chi connectivity index (χ4n) is 3.88. The van der Waals surface area contributed by atoms with Crippen molar-refractivity contribution in [2.45, 2.75) is 66.7 Å². The zero-order chi connectivity index (χ0) is 17.2.